The minimum atomic E-state index is -1.33. The SMILES string of the molecule is Cc1cnc(-c2cc(OCC3CCCO3)cc(C(=O)O)c2F)s1. The van der Waals surface area contributed by atoms with Gasteiger partial charge in [-0.25, -0.2) is 14.2 Å². The van der Waals surface area contributed by atoms with Gasteiger partial charge in [0.05, 0.1) is 17.2 Å². The smallest absolute Gasteiger partial charge is 0.338 e. The normalized spacial score (nSPS) is 17.4. The summed E-state index contributed by atoms with van der Waals surface area (Å²) in [5.74, 6) is -1.82. The first kappa shape index (κ1) is 15.9. The number of benzene rings is 1. The Morgan fingerprint density at radius 1 is 1.57 bits per heavy atom. The van der Waals surface area contributed by atoms with E-state index < -0.39 is 17.3 Å². The van der Waals surface area contributed by atoms with E-state index in [0.29, 0.717) is 24.0 Å². The molecule has 1 unspecified atom stereocenters. The van der Waals surface area contributed by atoms with E-state index in [1.165, 1.54) is 23.5 Å². The molecule has 2 heterocycles. The Labute approximate surface area is 136 Å². The molecule has 0 saturated carbocycles. The van der Waals surface area contributed by atoms with Crippen LogP contribution in [0.2, 0.25) is 0 Å². The largest absolute Gasteiger partial charge is 0.491 e. The molecule has 1 atom stereocenters. The van der Waals surface area contributed by atoms with E-state index in [9.17, 15) is 14.3 Å². The molecule has 3 rings (SSSR count). The molecule has 0 bridgehead atoms. The average molecular weight is 337 g/mol. The van der Waals surface area contributed by atoms with Crippen LogP contribution in [0.1, 0.15) is 28.1 Å². The molecule has 1 N–H and O–H groups in total. The van der Waals surface area contributed by atoms with Crippen LogP contribution in [0.25, 0.3) is 10.6 Å². The van der Waals surface area contributed by atoms with Gasteiger partial charge in [-0.15, -0.1) is 11.3 Å². The number of aromatic nitrogens is 1. The quantitative estimate of drug-likeness (QED) is 0.904. The molecule has 1 saturated heterocycles. The third-order valence-corrected chi connectivity index (χ3v) is 4.53. The molecule has 1 fully saturated rings. The van der Waals surface area contributed by atoms with E-state index in [1.54, 1.807) is 6.20 Å². The molecule has 1 aliphatic heterocycles. The number of aryl methyl sites for hydroxylation is 1. The predicted molar refractivity (Wildman–Crippen MR) is 83.7 cm³/mol. The van der Waals surface area contributed by atoms with Crippen LogP contribution in [0, 0.1) is 12.7 Å². The van der Waals surface area contributed by atoms with Crippen LogP contribution in [0.4, 0.5) is 4.39 Å². The predicted octanol–water partition coefficient (Wildman–Crippen LogP) is 3.51. The first-order chi connectivity index (χ1) is 11.0. The molecule has 2 aromatic rings. The number of nitrogens with zero attached hydrogens (tertiary/aromatic N) is 1. The van der Waals surface area contributed by atoms with Crippen LogP contribution in [0.15, 0.2) is 18.3 Å². The number of carboxylic acid groups (broad SMARTS) is 1. The van der Waals surface area contributed by atoms with E-state index in [-0.39, 0.29) is 11.7 Å². The van der Waals surface area contributed by atoms with Crippen molar-refractivity contribution < 1.29 is 23.8 Å². The van der Waals surface area contributed by atoms with E-state index >= 15 is 0 Å². The van der Waals surface area contributed by atoms with Crippen LogP contribution in [-0.2, 0) is 4.74 Å². The second-order valence-corrected chi connectivity index (χ2v) is 6.59. The topological polar surface area (TPSA) is 68.7 Å². The van der Waals surface area contributed by atoms with Crippen LogP contribution < -0.4 is 4.74 Å². The second-order valence-electron chi connectivity index (χ2n) is 5.36. The summed E-state index contributed by atoms with van der Waals surface area (Å²) in [4.78, 5) is 16.3. The number of carbonyl (C=O) groups is 1. The number of aromatic carboxylic acids is 1. The fraction of sp³-hybridized carbons (Fsp3) is 0.375. The highest BCUT2D eigenvalue weighted by Crippen LogP contribution is 2.33. The number of carboxylic acids is 1. The lowest BCUT2D eigenvalue weighted by atomic mass is 10.1. The van der Waals surface area contributed by atoms with Crippen molar-refractivity contribution in [3.63, 3.8) is 0 Å². The summed E-state index contributed by atoms with van der Waals surface area (Å²) < 4.78 is 25.5. The Bertz CT molecular complexity index is 725. The monoisotopic (exact) mass is 337 g/mol. The zero-order chi connectivity index (χ0) is 16.4. The number of thiazole rings is 1. The van der Waals surface area contributed by atoms with Crippen molar-refractivity contribution in [3.05, 3.63) is 34.6 Å². The number of ether oxygens (including phenoxy) is 2. The van der Waals surface area contributed by atoms with Crippen molar-refractivity contribution in [3.8, 4) is 16.3 Å². The molecule has 7 heteroatoms. The van der Waals surface area contributed by atoms with Gasteiger partial charge in [0.1, 0.15) is 23.2 Å². The fourth-order valence-electron chi connectivity index (χ4n) is 2.44. The molecule has 122 valence electrons. The zero-order valence-corrected chi connectivity index (χ0v) is 13.4. The van der Waals surface area contributed by atoms with Crippen molar-refractivity contribution in [2.45, 2.75) is 25.9 Å². The van der Waals surface area contributed by atoms with Crippen molar-refractivity contribution in [2.24, 2.45) is 0 Å². The first-order valence-electron chi connectivity index (χ1n) is 7.28. The van der Waals surface area contributed by atoms with Gasteiger partial charge >= 0.3 is 5.97 Å². The van der Waals surface area contributed by atoms with Gasteiger partial charge in [0.2, 0.25) is 0 Å². The lowest BCUT2D eigenvalue weighted by molar-refractivity contribution is 0.0670. The molecular weight excluding hydrogens is 321 g/mol. The summed E-state index contributed by atoms with van der Waals surface area (Å²) >= 11 is 1.30. The Hall–Kier alpha value is -1.99. The molecule has 0 aliphatic carbocycles. The highest BCUT2D eigenvalue weighted by molar-refractivity contribution is 7.14. The van der Waals surface area contributed by atoms with Gasteiger partial charge < -0.3 is 14.6 Å². The number of halogens is 1. The van der Waals surface area contributed by atoms with Gasteiger partial charge in [-0.3, -0.25) is 0 Å². The highest BCUT2D eigenvalue weighted by Gasteiger charge is 2.21. The molecule has 5 nitrogen and oxygen atoms in total. The summed E-state index contributed by atoms with van der Waals surface area (Å²) in [6.45, 7) is 2.89. The first-order valence-corrected chi connectivity index (χ1v) is 8.10. The minimum Gasteiger partial charge on any atom is -0.491 e. The third-order valence-electron chi connectivity index (χ3n) is 3.59. The lowest BCUT2D eigenvalue weighted by Gasteiger charge is -2.13. The Morgan fingerprint density at radius 3 is 3.00 bits per heavy atom. The average Bonchev–Trinajstić information content (AvgIpc) is 3.17. The number of hydrogen-bond acceptors (Lipinski definition) is 5. The molecule has 0 radical (unpaired) electrons. The minimum absolute atomic E-state index is 0.00103. The molecule has 1 aliphatic rings. The number of rotatable bonds is 5. The van der Waals surface area contributed by atoms with Crippen LogP contribution in [0.5, 0.6) is 5.75 Å². The molecule has 1 aromatic heterocycles. The van der Waals surface area contributed by atoms with Crippen molar-refractivity contribution in [1.29, 1.82) is 0 Å². The third kappa shape index (κ3) is 3.51. The van der Waals surface area contributed by atoms with Crippen LogP contribution in [0.3, 0.4) is 0 Å². The summed E-state index contributed by atoms with van der Waals surface area (Å²) in [6, 6.07) is 2.70. The number of hydrogen-bond donors (Lipinski definition) is 1. The standard InChI is InChI=1S/C16H16FNO4S/c1-9-7-18-15(23-9)12-5-11(6-13(14(12)17)16(19)20)22-8-10-3-2-4-21-10/h5-7,10H,2-4,8H2,1H3,(H,19,20). The van der Waals surface area contributed by atoms with E-state index in [4.69, 9.17) is 9.47 Å². The maximum absolute atomic E-state index is 14.4. The maximum Gasteiger partial charge on any atom is 0.338 e. The molecule has 0 amide bonds. The molecule has 1 aromatic carbocycles. The Balaban J connectivity index is 1.92. The fourth-order valence-corrected chi connectivity index (χ4v) is 3.21. The van der Waals surface area contributed by atoms with Gasteiger partial charge in [-0.1, -0.05) is 0 Å². The Kier molecular flexibility index (Phi) is 4.58. The maximum atomic E-state index is 14.4. The summed E-state index contributed by atoms with van der Waals surface area (Å²) in [6.07, 6.45) is 3.52. The van der Waals surface area contributed by atoms with E-state index in [1.807, 2.05) is 6.92 Å². The van der Waals surface area contributed by atoms with Crippen molar-refractivity contribution in [2.75, 3.05) is 13.2 Å². The Morgan fingerprint density at radius 2 is 2.39 bits per heavy atom. The van der Waals surface area contributed by atoms with Crippen molar-refractivity contribution >= 4 is 17.3 Å². The molecular formula is C16H16FNO4S. The van der Waals surface area contributed by atoms with Gasteiger partial charge in [-0.05, 0) is 31.9 Å². The van der Waals surface area contributed by atoms with Gasteiger partial charge in [0, 0.05) is 17.7 Å². The lowest BCUT2D eigenvalue weighted by Crippen LogP contribution is -2.16. The van der Waals surface area contributed by atoms with Gasteiger partial charge in [0.15, 0.2) is 0 Å². The van der Waals surface area contributed by atoms with Gasteiger partial charge in [-0.2, -0.15) is 0 Å². The van der Waals surface area contributed by atoms with Crippen LogP contribution >= 0.6 is 11.3 Å². The second kappa shape index (κ2) is 6.64. The molecule has 23 heavy (non-hydrogen) atoms. The molecule has 0 spiro atoms. The summed E-state index contributed by atoms with van der Waals surface area (Å²) in [5, 5.41) is 9.64. The summed E-state index contributed by atoms with van der Waals surface area (Å²) in [7, 11) is 0. The highest BCUT2D eigenvalue weighted by atomic mass is 32.1. The van der Waals surface area contributed by atoms with E-state index in [0.717, 1.165) is 17.7 Å². The van der Waals surface area contributed by atoms with E-state index in [2.05, 4.69) is 4.98 Å². The zero-order valence-electron chi connectivity index (χ0n) is 12.5. The summed E-state index contributed by atoms with van der Waals surface area (Å²) in [5.41, 5.74) is -0.275. The van der Waals surface area contributed by atoms with Gasteiger partial charge in [0.25, 0.3) is 0 Å². The van der Waals surface area contributed by atoms with Crippen LogP contribution in [-0.4, -0.2) is 35.4 Å². The van der Waals surface area contributed by atoms with Crippen molar-refractivity contribution in [1.82, 2.24) is 4.98 Å².